The number of carbonyl (C=O) groups excluding carboxylic acids is 1. The van der Waals surface area contributed by atoms with Crippen molar-refractivity contribution in [2.45, 2.75) is 89.9 Å². The first-order chi connectivity index (χ1) is 18.1. The van der Waals surface area contributed by atoms with Crippen molar-refractivity contribution in [3.05, 3.63) is 63.3 Å². The topological polar surface area (TPSA) is 58.9 Å². The van der Waals surface area contributed by atoms with Gasteiger partial charge in [-0.1, -0.05) is 55.8 Å². The molecule has 1 aliphatic carbocycles. The number of hydrogen-bond acceptors (Lipinski definition) is 5. The molecule has 0 amide bonds. The van der Waals surface area contributed by atoms with Gasteiger partial charge in [0.1, 0.15) is 24.6 Å². The molecule has 2 aromatic carbocycles. The van der Waals surface area contributed by atoms with Crippen LogP contribution in [-0.2, 0) is 20.9 Å². The SMILES string of the molecule is CC1c2ccc(OC[C@H]3OC(C)(C)O[C@H]3C(C)(C)O[SiH2]C(C)(C)C)cc2C(=O)c2c1n(C)c1cc(Br)ccc21. The molecular formula is C31H40BrNO5Si. The van der Waals surface area contributed by atoms with E-state index in [2.05, 4.69) is 68.1 Å². The van der Waals surface area contributed by atoms with Gasteiger partial charge in [0.2, 0.25) is 0 Å². The Morgan fingerprint density at radius 2 is 1.79 bits per heavy atom. The number of aromatic nitrogens is 1. The first-order valence-electron chi connectivity index (χ1n) is 13.7. The molecule has 0 N–H and O–H groups in total. The molecule has 8 heteroatoms. The van der Waals surface area contributed by atoms with Crippen molar-refractivity contribution < 1.29 is 23.4 Å². The maximum absolute atomic E-state index is 13.9. The van der Waals surface area contributed by atoms with Crippen LogP contribution < -0.4 is 4.74 Å². The molecule has 1 fully saturated rings. The summed E-state index contributed by atoms with van der Waals surface area (Å²) >= 11 is 3.57. The van der Waals surface area contributed by atoms with Gasteiger partial charge >= 0.3 is 0 Å². The summed E-state index contributed by atoms with van der Waals surface area (Å²) in [5, 5.41) is 1.15. The van der Waals surface area contributed by atoms with Crippen LogP contribution in [0, 0.1) is 0 Å². The molecule has 1 aliphatic heterocycles. The van der Waals surface area contributed by atoms with Crippen LogP contribution in [0.3, 0.4) is 0 Å². The molecule has 1 aromatic heterocycles. The molecule has 39 heavy (non-hydrogen) atoms. The maximum Gasteiger partial charge on any atom is 0.195 e. The maximum atomic E-state index is 13.9. The molecular weight excluding hydrogens is 574 g/mol. The van der Waals surface area contributed by atoms with E-state index in [1.165, 1.54) is 0 Å². The fourth-order valence-electron chi connectivity index (χ4n) is 5.87. The van der Waals surface area contributed by atoms with Crippen molar-refractivity contribution in [2.75, 3.05) is 6.61 Å². The Morgan fingerprint density at radius 1 is 1.08 bits per heavy atom. The molecule has 6 nitrogen and oxygen atoms in total. The number of hydrogen-bond donors (Lipinski definition) is 0. The quantitative estimate of drug-likeness (QED) is 0.292. The Kier molecular flexibility index (Phi) is 7.20. The van der Waals surface area contributed by atoms with Crippen LogP contribution in [0.5, 0.6) is 5.75 Å². The molecule has 2 heterocycles. The van der Waals surface area contributed by atoms with Gasteiger partial charge in [-0.15, -0.1) is 0 Å². The highest BCUT2D eigenvalue weighted by Gasteiger charge is 2.49. The summed E-state index contributed by atoms with van der Waals surface area (Å²) in [7, 11) is 1.25. The number of fused-ring (bicyclic) bond motifs is 4. The number of carbonyl (C=O) groups is 1. The second-order valence-electron chi connectivity index (χ2n) is 13.1. The number of aryl methyl sites for hydroxylation is 1. The van der Waals surface area contributed by atoms with Crippen molar-refractivity contribution in [3.63, 3.8) is 0 Å². The van der Waals surface area contributed by atoms with E-state index in [0.717, 1.165) is 32.2 Å². The lowest BCUT2D eigenvalue weighted by Gasteiger charge is -2.36. The second-order valence-corrected chi connectivity index (χ2v) is 16.8. The smallest absolute Gasteiger partial charge is 0.195 e. The Bertz CT molecular complexity index is 1440. The van der Waals surface area contributed by atoms with Crippen molar-refractivity contribution in [3.8, 4) is 5.75 Å². The minimum Gasteiger partial charge on any atom is -0.491 e. The zero-order valence-corrected chi connectivity index (χ0v) is 27.5. The van der Waals surface area contributed by atoms with Crippen LogP contribution in [0.4, 0.5) is 0 Å². The van der Waals surface area contributed by atoms with E-state index >= 15 is 0 Å². The summed E-state index contributed by atoms with van der Waals surface area (Å²) in [6, 6.07) is 12.0. The first-order valence-corrected chi connectivity index (χ1v) is 15.7. The highest BCUT2D eigenvalue weighted by atomic mass is 79.9. The number of benzene rings is 2. The van der Waals surface area contributed by atoms with Crippen molar-refractivity contribution in [1.29, 1.82) is 0 Å². The van der Waals surface area contributed by atoms with Crippen LogP contribution in [0.1, 0.15) is 88.5 Å². The van der Waals surface area contributed by atoms with Crippen LogP contribution in [0.15, 0.2) is 40.9 Å². The van der Waals surface area contributed by atoms with E-state index in [0.29, 0.717) is 17.9 Å². The Hall–Kier alpha value is -1.97. The van der Waals surface area contributed by atoms with Crippen LogP contribution in [0.25, 0.3) is 10.9 Å². The summed E-state index contributed by atoms with van der Waals surface area (Å²) in [5.41, 5.74) is 4.09. The fourth-order valence-corrected chi connectivity index (χ4v) is 7.18. The predicted octanol–water partition coefficient (Wildman–Crippen LogP) is 6.63. The largest absolute Gasteiger partial charge is 0.491 e. The van der Waals surface area contributed by atoms with E-state index in [1.807, 2.05) is 51.2 Å². The average Bonchev–Trinajstić information content (AvgIpc) is 3.33. The Morgan fingerprint density at radius 3 is 2.49 bits per heavy atom. The van der Waals surface area contributed by atoms with Gasteiger partial charge in [0.05, 0.1) is 11.2 Å². The Labute approximate surface area is 242 Å². The fraction of sp³-hybridized carbons (Fsp3) is 0.516. The van der Waals surface area contributed by atoms with Crippen molar-refractivity contribution >= 4 is 42.4 Å². The summed E-state index contributed by atoms with van der Waals surface area (Å²) in [6.45, 7) is 17.1. The van der Waals surface area contributed by atoms with Gasteiger partial charge in [-0.3, -0.25) is 4.79 Å². The van der Waals surface area contributed by atoms with E-state index in [-0.39, 0.29) is 28.9 Å². The van der Waals surface area contributed by atoms with Crippen LogP contribution in [-0.4, -0.2) is 50.3 Å². The highest BCUT2D eigenvalue weighted by Crippen LogP contribution is 2.43. The molecule has 0 bridgehead atoms. The second kappa shape index (κ2) is 9.84. The number of ether oxygens (including phenoxy) is 3. The number of rotatable bonds is 6. The summed E-state index contributed by atoms with van der Waals surface area (Å²) < 4.78 is 28.5. The predicted molar refractivity (Wildman–Crippen MR) is 161 cm³/mol. The third-order valence-electron chi connectivity index (χ3n) is 7.74. The standard InChI is InChI=1S/C31H40BrNO5Si/c1-17-20-13-11-19(15-22(20)27(34)25-21-12-10-18(32)14-23(21)33(9)26(17)25)35-16-24-28(37-31(7,8)36-24)30(5,6)38-39-29(2,3)4/h10-15,17,24,28H,16,39H2,1-9H3/t17?,24-,28-/m1/s1. The monoisotopic (exact) mass is 613 g/mol. The van der Waals surface area contributed by atoms with Crippen LogP contribution in [0.2, 0.25) is 5.04 Å². The molecule has 0 saturated carbocycles. The van der Waals surface area contributed by atoms with Gasteiger partial charge in [-0.05, 0) is 62.6 Å². The lowest BCUT2D eigenvalue weighted by Crippen LogP contribution is -2.48. The number of halogens is 1. The first kappa shape index (κ1) is 28.6. The third kappa shape index (κ3) is 5.38. The Balaban J connectivity index is 1.39. The highest BCUT2D eigenvalue weighted by molar-refractivity contribution is 9.10. The molecule has 1 saturated heterocycles. The minimum absolute atomic E-state index is 0.0394. The van der Waals surface area contributed by atoms with E-state index < -0.39 is 21.2 Å². The van der Waals surface area contributed by atoms with E-state index in [4.69, 9.17) is 18.6 Å². The van der Waals surface area contributed by atoms with Crippen LogP contribution >= 0.6 is 15.9 Å². The molecule has 5 rings (SSSR count). The van der Waals surface area contributed by atoms with Gasteiger partial charge in [0, 0.05) is 39.6 Å². The minimum atomic E-state index is -0.790. The van der Waals surface area contributed by atoms with Gasteiger partial charge < -0.3 is 23.2 Å². The van der Waals surface area contributed by atoms with E-state index in [1.54, 1.807) is 0 Å². The third-order valence-corrected chi connectivity index (χ3v) is 9.99. The van der Waals surface area contributed by atoms with Gasteiger partial charge in [0.25, 0.3) is 0 Å². The van der Waals surface area contributed by atoms with Gasteiger partial charge in [0.15, 0.2) is 21.3 Å². The van der Waals surface area contributed by atoms with E-state index in [9.17, 15) is 4.79 Å². The van der Waals surface area contributed by atoms with Gasteiger partial charge in [-0.2, -0.15) is 0 Å². The molecule has 0 spiro atoms. The lowest BCUT2D eigenvalue weighted by atomic mass is 9.81. The van der Waals surface area contributed by atoms with Gasteiger partial charge in [-0.25, -0.2) is 0 Å². The normalized spacial score (nSPS) is 23.0. The molecule has 3 atom stereocenters. The number of ketones is 1. The summed E-state index contributed by atoms with van der Waals surface area (Å²) in [6.07, 6.45) is -0.586. The zero-order chi connectivity index (χ0) is 28.5. The summed E-state index contributed by atoms with van der Waals surface area (Å²) in [4.78, 5) is 13.9. The molecule has 1 unspecified atom stereocenters. The zero-order valence-electron chi connectivity index (χ0n) is 24.5. The van der Waals surface area contributed by atoms with Crippen molar-refractivity contribution in [1.82, 2.24) is 4.57 Å². The summed E-state index contributed by atoms with van der Waals surface area (Å²) in [5.74, 6) is 0.0386. The molecule has 0 radical (unpaired) electrons. The molecule has 3 aromatic rings. The molecule has 210 valence electrons. The average molecular weight is 615 g/mol. The molecule has 2 aliphatic rings. The number of nitrogens with zero attached hydrogens (tertiary/aromatic N) is 1. The van der Waals surface area contributed by atoms with Crippen molar-refractivity contribution in [2.24, 2.45) is 7.05 Å². The lowest BCUT2D eigenvalue weighted by molar-refractivity contribution is -0.162.